The molecule has 2 rings (SSSR count). The van der Waals surface area contributed by atoms with Crippen molar-refractivity contribution >= 4 is 0 Å². The molecule has 0 spiro atoms. The lowest BCUT2D eigenvalue weighted by atomic mass is 10.0. The first kappa shape index (κ1) is 11.0. The molecule has 1 atom stereocenters. The Balaban J connectivity index is 2.15. The molecule has 1 unspecified atom stereocenters. The maximum absolute atomic E-state index is 9.74. The van der Waals surface area contributed by atoms with Gasteiger partial charge in [0, 0.05) is 13.2 Å². The van der Waals surface area contributed by atoms with Crippen LogP contribution in [0.25, 0.3) is 0 Å². The van der Waals surface area contributed by atoms with Crippen molar-refractivity contribution in [1.29, 1.82) is 0 Å². The minimum Gasteiger partial charge on any atom is -0.370 e. The summed E-state index contributed by atoms with van der Waals surface area (Å²) in [5, 5.41) is 9.74. The molecule has 1 aliphatic rings. The van der Waals surface area contributed by atoms with Crippen LogP contribution in [-0.2, 0) is 6.42 Å². The predicted molar refractivity (Wildman–Crippen MR) is 65.8 cm³/mol. The molecule has 1 N–H and O–H groups in total. The molecule has 1 aliphatic heterocycles. The van der Waals surface area contributed by atoms with Crippen LogP contribution in [-0.4, -0.2) is 23.3 Å². The minimum absolute atomic E-state index is 0.473. The Hall–Kier alpha value is -1.54. The van der Waals surface area contributed by atoms with Crippen LogP contribution >= 0.6 is 0 Å². The van der Waals surface area contributed by atoms with E-state index in [-0.39, 0.29) is 0 Å². The molecule has 0 aliphatic carbocycles. The second-order valence-electron chi connectivity index (χ2n) is 4.29. The molecule has 2 nitrogen and oxygen atoms in total. The van der Waals surface area contributed by atoms with Crippen LogP contribution in [0.3, 0.4) is 0 Å². The SMILES string of the molecule is CC1=CC(Cc2ccccc2)=CN(C)C1O. The number of hydrogen-bond donors (Lipinski definition) is 1. The molecule has 0 fully saturated rings. The van der Waals surface area contributed by atoms with Crippen LogP contribution < -0.4 is 0 Å². The highest BCUT2D eigenvalue weighted by molar-refractivity contribution is 5.33. The van der Waals surface area contributed by atoms with Crippen molar-refractivity contribution in [3.05, 3.63) is 59.3 Å². The van der Waals surface area contributed by atoms with E-state index in [2.05, 4.69) is 18.2 Å². The largest absolute Gasteiger partial charge is 0.370 e. The quantitative estimate of drug-likeness (QED) is 0.818. The molecular formula is C14H17NO. The zero-order chi connectivity index (χ0) is 11.5. The van der Waals surface area contributed by atoms with Crippen molar-refractivity contribution in [2.45, 2.75) is 19.6 Å². The second-order valence-corrected chi connectivity index (χ2v) is 4.29. The van der Waals surface area contributed by atoms with E-state index >= 15 is 0 Å². The monoisotopic (exact) mass is 215 g/mol. The van der Waals surface area contributed by atoms with Gasteiger partial charge >= 0.3 is 0 Å². The molecule has 0 radical (unpaired) electrons. The molecule has 0 aromatic heterocycles. The van der Waals surface area contributed by atoms with Crippen LogP contribution in [0.2, 0.25) is 0 Å². The number of rotatable bonds is 2. The zero-order valence-electron chi connectivity index (χ0n) is 9.72. The third-order valence-electron chi connectivity index (χ3n) is 2.83. The molecule has 0 amide bonds. The van der Waals surface area contributed by atoms with Crippen molar-refractivity contribution in [3.63, 3.8) is 0 Å². The number of aliphatic hydroxyl groups excluding tert-OH is 1. The summed E-state index contributed by atoms with van der Waals surface area (Å²) in [7, 11) is 1.90. The summed E-state index contributed by atoms with van der Waals surface area (Å²) >= 11 is 0. The molecule has 1 aromatic rings. The number of aliphatic hydroxyl groups is 1. The van der Waals surface area contributed by atoms with Crippen LogP contribution in [0.4, 0.5) is 0 Å². The van der Waals surface area contributed by atoms with E-state index in [4.69, 9.17) is 0 Å². The van der Waals surface area contributed by atoms with Crippen molar-refractivity contribution < 1.29 is 5.11 Å². The summed E-state index contributed by atoms with van der Waals surface area (Å²) in [6, 6.07) is 10.4. The molecule has 1 heterocycles. The van der Waals surface area contributed by atoms with E-state index in [1.165, 1.54) is 11.1 Å². The Morgan fingerprint density at radius 3 is 2.56 bits per heavy atom. The average molecular weight is 215 g/mol. The maximum Gasteiger partial charge on any atom is 0.148 e. The minimum atomic E-state index is -0.473. The van der Waals surface area contributed by atoms with Gasteiger partial charge in [-0.15, -0.1) is 0 Å². The molecule has 0 saturated heterocycles. The lowest BCUT2D eigenvalue weighted by Gasteiger charge is -2.27. The van der Waals surface area contributed by atoms with E-state index in [1.54, 1.807) is 0 Å². The van der Waals surface area contributed by atoms with Crippen molar-refractivity contribution in [2.24, 2.45) is 0 Å². The Kier molecular flexibility index (Phi) is 3.11. The molecule has 1 aromatic carbocycles. The lowest BCUT2D eigenvalue weighted by Crippen LogP contribution is -2.30. The number of nitrogens with zero attached hydrogens (tertiary/aromatic N) is 1. The van der Waals surface area contributed by atoms with Crippen LogP contribution in [0, 0.1) is 0 Å². The number of benzene rings is 1. The van der Waals surface area contributed by atoms with Crippen LogP contribution in [0.5, 0.6) is 0 Å². The van der Waals surface area contributed by atoms with Gasteiger partial charge in [-0.05, 0) is 30.1 Å². The van der Waals surface area contributed by atoms with Gasteiger partial charge in [-0.25, -0.2) is 0 Å². The van der Waals surface area contributed by atoms with Gasteiger partial charge in [0.2, 0.25) is 0 Å². The van der Waals surface area contributed by atoms with Crippen LogP contribution in [0.15, 0.2) is 53.8 Å². The summed E-state index contributed by atoms with van der Waals surface area (Å²) in [6.07, 6.45) is 4.51. The Labute approximate surface area is 96.5 Å². The fourth-order valence-electron chi connectivity index (χ4n) is 1.99. The fraction of sp³-hybridized carbons (Fsp3) is 0.286. The topological polar surface area (TPSA) is 23.5 Å². The highest BCUT2D eigenvalue weighted by Gasteiger charge is 2.15. The predicted octanol–water partition coefficient (Wildman–Crippen LogP) is 2.32. The maximum atomic E-state index is 9.74. The van der Waals surface area contributed by atoms with Crippen LogP contribution in [0.1, 0.15) is 12.5 Å². The standard InChI is InChI=1S/C14H17NO/c1-11-8-13(10-15(2)14(11)16)9-12-6-4-3-5-7-12/h3-8,10,14,16H,9H2,1-2H3. The lowest BCUT2D eigenvalue weighted by molar-refractivity contribution is 0.0849. The first-order chi connectivity index (χ1) is 7.66. The third-order valence-corrected chi connectivity index (χ3v) is 2.83. The van der Waals surface area contributed by atoms with E-state index in [0.717, 1.165) is 12.0 Å². The molecule has 2 heteroatoms. The molecular weight excluding hydrogens is 198 g/mol. The normalized spacial score (nSPS) is 20.4. The van der Waals surface area contributed by atoms with Gasteiger partial charge < -0.3 is 10.0 Å². The highest BCUT2D eigenvalue weighted by Crippen LogP contribution is 2.20. The summed E-state index contributed by atoms with van der Waals surface area (Å²) < 4.78 is 0. The van der Waals surface area contributed by atoms with Gasteiger partial charge in [-0.1, -0.05) is 36.4 Å². The van der Waals surface area contributed by atoms with Gasteiger partial charge in [-0.3, -0.25) is 0 Å². The Bertz CT molecular complexity index is 420. The number of allylic oxidation sites excluding steroid dienone is 2. The van der Waals surface area contributed by atoms with Gasteiger partial charge in [0.1, 0.15) is 6.23 Å². The molecule has 16 heavy (non-hydrogen) atoms. The van der Waals surface area contributed by atoms with E-state index in [1.807, 2.05) is 43.3 Å². The Morgan fingerprint density at radius 2 is 1.94 bits per heavy atom. The third kappa shape index (κ3) is 2.34. The fourth-order valence-corrected chi connectivity index (χ4v) is 1.99. The number of likely N-dealkylation sites (N-methyl/N-ethyl adjacent to an activating group) is 1. The van der Waals surface area contributed by atoms with Gasteiger partial charge in [0.15, 0.2) is 0 Å². The zero-order valence-corrected chi connectivity index (χ0v) is 9.72. The Morgan fingerprint density at radius 1 is 1.25 bits per heavy atom. The number of hydrogen-bond acceptors (Lipinski definition) is 2. The van der Waals surface area contributed by atoms with Gasteiger partial charge in [0.05, 0.1) is 0 Å². The first-order valence-electron chi connectivity index (χ1n) is 5.49. The second kappa shape index (κ2) is 4.54. The van der Waals surface area contributed by atoms with Crippen molar-refractivity contribution in [2.75, 3.05) is 7.05 Å². The smallest absolute Gasteiger partial charge is 0.148 e. The van der Waals surface area contributed by atoms with Crippen molar-refractivity contribution in [3.8, 4) is 0 Å². The molecule has 84 valence electrons. The summed E-state index contributed by atoms with van der Waals surface area (Å²) in [5.41, 5.74) is 3.52. The molecule has 0 bridgehead atoms. The van der Waals surface area contributed by atoms with Gasteiger partial charge in [-0.2, -0.15) is 0 Å². The summed E-state index contributed by atoms with van der Waals surface area (Å²) in [6.45, 7) is 1.96. The van der Waals surface area contributed by atoms with Crippen molar-refractivity contribution in [1.82, 2.24) is 4.90 Å². The van der Waals surface area contributed by atoms with E-state index in [9.17, 15) is 5.11 Å². The molecule has 0 saturated carbocycles. The summed E-state index contributed by atoms with van der Waals surface area (Å²) in [4.78, 5) is 1.84. The highest BCUT2D eigenvalue weighted by atomic mass is 16.3. The van der Waals surface area contributed by atoms with Gasteiger partial charge in [0.25, 0.3) is 0 Å². The average Bonchev–Trinajstić information content (AvgIpc) is 2.27. The first-order valence-corrected chi connectivity index (χ1v) is 5.49. The van der Waals surface area contributed by atoms with E-state index in [0.29, 0.717) is 0 Å². The van der Waals surface area contributed by atoms with E-state index < -0.39 is 6.23 Å². The summed E-state index contributed by atoms with van der Waals surface area (Å²) in [5.74, 6) is 0.